The SMILES string of the molecule is CC=C/C(=C\CCC(=N)C=NC(C)CN(CCNC(=O)O)CC(C)(F)F)B1OC(C)(C)C(C)(C)O1. The van der Waals surface area contributed by atoms with Crippen molar-refractivity contribution in [1.29, 1.82) is 5.41 Å². The molecule has 1 aliphatic heterocycles. The monoisotopic (exact) mass is 498 g/mol. The number of nitrogens with one attached hydrogen (secondary N) is 2. The average Bonchev–Trinajstić information content (AvgIpc) is 2.91. The van der Waals surface area contributed by atoms with Crippen LogP contribution in [-0.2, 0) is 9.31 Å². The minimum absolute atomic E-state index is 0.0430. The summed E-state index contributed by atoms with van der Waals surface area (Å²) in [5.41, 5.74) is 0.345. The van der Waals surface area contributed by atoms with Crippen molar-refractivity contribution >= 4 is 25.1 Å². The lowest BCUT2D eigenvalue weighted by molar-refractivity contribution is -0.0148. The van der Waals surface area contributed by atoms with Gasteiger partial charge < -0.3 is 25.1 Å². The number of rotatable bonds is 14. The van der Waals surface area contributed by atoms with E-state index in [1.165, 1.54) is 11.1 Å². The fourth-order valence-electron chi connectivity index (χ4n) is 3.46. The zero-order valence-electron chi connectivity index (χ0n) is 22.0. The number of carbonyl (C=O) groups is 1. The van der Waals surface area contributed by atoms with E-state index in [0.717, 1.165) is 12.4 Å². The van der Waals surface area contributed by atoms with Gasteiger partial charge in [-0.25, -0.2) is 13.6 Å². The molecule has 1 unspecified atom stereocenters. The minimum atomic E-state index is -2.91. The predicted octanol–water partition coefficient (Wildman–Crippen LogP) is 4.60. The number of hydrogen-bond donors (Lipinski definition) is 3. The summed E-state index contributed by atoms with van der Waals surface area (Å²) < 4.78 is 39.2. The van der Waals surface area contributed by atoms with Crippen molar-refractivity contribution < 1.29 is 28.0 Å². The Bertz CT molecular complexity index is 794. The van der Waals surface area contributed by atoms with Crippen molar-refractivity contribution in [3.05, 3.63) is 23.7 Å². The van der Waals surface area contributed by atoms with Crippen LogP contribution in [0.2, 0.25) is 0 Å². The largest absolute Gasteiger partial charge is 0.494 e. The van der Waals surface area contributed by atoms with Gasteiger partial charge in [0.2, 0.25) is 0 Å². The molecule has 0 saturated carbocycles. The first-order valence-corrected chi connectivity index (χ1v) is 11.9. The van der Waals surface area contributed by atoms with Gasteiger partial charge in [0.15, 0.2) is 0 Å². The molecule has 11 heteroatoms. The van der Waals surface area contributed by atoms with Crippen molar-refractivity contribution in [2.45, 2.75) is 84.5 Å². The van der Waals surface area contributed by atoms with Gasteiger partial charge in [0.05, 0.1) is 23.8 Å². The highest BCUT2D eigenvalue weighted by molar-refractivity contribution is 6.55. The van der Waals surface area contributed by atoms with Crippen LogP contribution in [0.1, 0.15) is 61.3 Å². The van der Waals surface area contributed by atoms with E-state index >= 15 is 0 Å². The zero-order valence-corrected chi connectivity index (χ0v) is 22.0. The number of carboxylic acid groups (broad SMARTS) is 1. The number of hydrogen-bond acceptors (Lipinski definition) is 6. The Hall–Kier alpha value is -2.11. The van der Waals surface area contributed by atoms with Gasteiger partial charge in [-0.2, -0.15) is 0 Å². The third-order valence-electron chi connectivity index (χ3n) is 5.89. The molecule has 3 N–H and O–H groups in total. The third kappa shape index (κ3) is 11.4. The van der Waals surface area contributed by atoms with Crippen molar-refractivity contribution in [2.75, 3.05) is 26.2 Å². The van der Waals surface area contributed by atoms with Crippen LogP contribution >= 0.6 is 0 Å². The van der Waals surface area contributed by atoms with Gasteiger partial charge >= 0.3 is 13.2 Å². The highest BCUT2D eigenvalue weighted by atomic mass is 19.3. The molecule has 0 aromatic carbocycles. The lowest BCUT2D eigenvalue weighted by Crippen LogP contribution is -2.43. The second-order valence-electron chi connectivity index (χ2n) is 10.0. The van der Waals surface area contributed by atoms with Crippen molar-refractivity contribution in [1.82, 2.24) is 10.2 Å². The molecule has 0 aliphatic carbocycles. The second-order valence-corrected chi connectivity index (χ2v) is 10.0. The highest BCUT2D eigenvalue weighted by Gasteiger charge is 2.51. The summed E-state index contributed by atoms with van der Waals surface area (Å²) in [6.07, 6.45) is 7.17. The summed E-state index contributed by atoms with van der Waals surface area (Å²) in [5, 5.41) is 19.0. The molecule has 0 aromatic heterocycles. The maximum atomic E-state index is 13.5. The van der Waals surface area contributed by atoms with Gasteiger partial charge in [0.25, 0.3) is 5.92 Å². The molecule has 1 aliphatic rings. The smallest absolute Gasteiger partial charge is 0.465 e. The molecule has 1 atom stereocenters. The van der Waals surface area contributed by atoms with Gasteiger partial charge in [-0.1, -0.05) is 18.2 Å². The van der Waals surface area contributed by atoms with Gasteiger partial charge in [0.1, 0.15) is 0 Å². The Morgan fingerprint density at radius 2 is 1.89 bits per heavy atom. The summed E-state index contributed by atoms with van der Waals surface area (Å²) in [4.78, 5) is 16.4. The molecular formula is C24H41BF2N4O4. The normalized spacial score (nSPS) is 19.1. The van der Waals surface area contributed by atoms with Gasteiger partial charge in [-0.05, 0) is 59.9 Å². The van der Waals surface area contributed by atoms with Gasteiger partial charge in [-0.3, -0.25) is 9.89 Å². The Morgan fingerprint density at radius 1 is 1.29 bits per heavy atom. The summed E-state index contributed by atoms with van der Waals surface area (Å²) in [7, 11) is -0.475. The van der Waals surface area contributed by atoms with Crippen molar-refractivity contribution in [2.24, 2.45) is 4.99 Å². The first-order valence-electron chi connectivity index (χ1n) is 11.9. The Kier molecular flexibility index (Phi) is 11.7. The summed E-state index contributed by atoms with van der Waals surface area (Å²) in [6.45, 7) is 12.4. The molecule has 198 valence electrons. The molecular weight excluding hydrogens is 457 g/mol. The van der Waals surface area contributed by atoms with Crippen LogP contribution in [0.3, 0.4) is 0 Å². The molecule has 0 aromatic rings. The quantitative estimate of drug-likeness (QED) is 0.184. The maximum absolute atomic E-state index is 13.5. The van der Waals surface area contributed by atoms with Crippen LogP contribution in [0, 0.1) is 5.41 Å². The number of amides is 1. The molecule has 1 amide bonds. The van der Waals surface area contributed by atoms with E-state index < -0.39 is 36.9 Å². The third-order valence-corrected chi connectivity index (χ3v) is 5.89. The van der Waals surface area contributed by atoms with E-state index in [2.05, 4.69) is 10.3 Å². The fourth-order valence-corrected chi connectivity index (χ4v) is 3.46. The van der Waals surface area contributed by atoms with E-state index in [4.69, 9.17) is 19.8 Å². The molecule has 35 heavy (non-hydrogen) atoms. The predicted molar refractivity (Wildman–Crippen MR) is 137 cm³/mol. The second kappa shape index (κ2) is 13.3. The molecule has 1 fully saturated rings. The number of aliphatic imine (C=N–C) groups is 1. The Balaban J connectivity index is 2.64. The summed E-state index contributed by atoms with van der Waals surface area (Å²) in [5.74, 6) is -2.91. The first-order chi connectivity index (χ1) is 16.1. The first kappa shape index (κ1) is 30.9. The Morgan fingerprint density at radius 3 is 2.40 bits per heavy atom. The molecule has 0 spiro atoms. The minimum Gasteiger partial charge on any atom is -0.465 e. The van der Waals surface area contributed by atoms with Gasteiger partial charge in [-0.15, -0.1) is 0 Å². The molecule has 0 radical (unpaired) electrons. The fraction of sp³-hybridized carbons (Fsp3) is 0.708. The van der Waals surface area contributed by atoms with Crippen LogP contribution in [0.5, 0.6) is 0 Å². The standard InChI is InChI=1S/C24H41BF2N4O4/c1-8-10-19(25-34-22(3,4)23(5,6)35-25)11-9-12-20(28)15-30-18(2)16-31(17-24(7,26)27)14-13-29-21(32)33/h8,10-11,15,18,28-29H,9,12-14,16-17H2,1-7H3,(H,32,33)/b10-8?,19-11+,28-20?,30-15?. The number of halogens is 2. The van der Waals surface area contributed by atoms with Crippen LogP contribution in [-0.4, -0.2) is 84.5 Å². The molecule has 8 nitrogen and oxygen atoms in total. The summed E-state index contributed by atoms with van der Waals surface area (Å²) >= 11 is 0. The van der Waals surface area contributed by atoms with Crippen LogP contribution in [0.25, 0.3) is 0 Å². The van der Waals surface area contributed by atoms with Crippen LogP contribution in [0.4, 0.5) is 13.6 Å². The van der Waals surface area contributed by atoms with E-state index in [9.17, 15) is 13.6 Å². The van der Waals surface area contributed by atoms with E-state index in [1.54, 1.807) is 6.92 Å². The molecule has 1 heterocycles. The van der Waals surface area contributed by atoms with Crippen LogP contribution in [0.15, 0.2) is 28.7 Å². The number of nitrogens with zero attached hydrogens (tertiary/aromatic N) is 2. The van der Waals surface area contributed by atoms with Gasteiger partial charge in [0, 0.05) is 38.5 Å². The highest BCUT2D eigenvalue weighted by Crippen LogP contribution is 2.38. The van der Waals surface area contributed by atoms with E-state index in [-0.39, 0.29) is 25.7 Å². The average molecular weight is 498 g/mol. The topological polar surface area (TPSA) is 107 Å². The lowest BCUT2D eigenvalue weighted by Gasteiger charge is -2.32. The van der Waals surface area contributed by atoms with E-state index in [1.807, 2.05) is 52.8 Å². The van der Waals surface area contributed by atoms with E-state index in [0.29, 0.717) is 18.6 Å². The number of allylic oxidation sites excluding steroid dienone is 4. The van der Waals surface area contributed by atoms with Crippen molar-refractivity contribution in [3.8, 4) is 0 Å². The molecule has 0 bridgehead atoms. The Labute approximate surface area is 208 Å². The zero-order chi connectivity index (χ0) is 26.9. The number of alkyl halides is 2. The molecule has 1 rings (SSSR count). The van der Waals surface area contributed by atoms with Crippen LogP contribution < -0.4 is 5.32 Å². The summed E-state index contributed by atoms with van der Waals surface area (Å²) in [6, 6.07) is -0.332. The maximum Gasteiger partial charge on any atom is 0.494 e. The lowest BCUT2D eigenvalue weighted by atomic mass is 9.77. The van der Waals surface area contributed by atoms with Crippen molar-refractivity contribution in [3.63, 3.8) is 0 Å². The molecule has 1 saturated heterocycles.